The first kappa shape index (κ1) is 17.4. The van der Waals surface area contributed by atoms with Gasteiger partial charge in [-0.3, -0.25) is 0 Å². The Hall–Kier alpha value is -0.0400. The minimum absolute atomic E-state index is 0.682. The van der Waals surface area contributed by atoms with Gasteiger partial charge in [0, 0.05) is 12.1 Å². The summed E-state index contributed by atoms with van der Waals surface area (Å²) in [5, 5.41) is 0. The van der Waals surface area contributed by atoms with Gasteiger partial charge in [0.25, 0.3) is 0 Å². The Labute approximate surface area is 98.2 Å². The summed E-state index contributed by atoms with van der Waals surface area (Å²) >= 11 is 0. The first-order valence-corrected chi connectivity index (χ1v) is 6.81. The first-order chi connectivity index (χ1) is 7.09. The van der Waals surface area contributed by atoms with Crippen LogP contribution in [0.4, 0.5) is 0 Å². The number of hydrogen-bond acceptors (Lipinski definition) is 1. The Morgan fingerprint density at radius 3 is 1.87 bits per heavy atom. The lowest BCUT2D eigenvalue weighted by atomic mass is 10.1. The Bertz CT molecular complexity index is 110. The Kier molecular flexibility index (Phi) is 13.9. The molecule has 0 rings (SSSR count). The fourth-order valence-electron chi connectivity index (χ4n) is 1.58. The van der Waals surface area contributed by atoms with Crippen LogP contribution in [-0.4, -0.2) is 24.0 Å². The zero-order valence-electron chi connectivity index (χ0n) is 12.1. The van der Waals surface area contributed by atoms with Crippen molar-refractivity contribution >= 4 is 0 Å². The van der Waals surface area contributed by atoms with Gasteiger partial charge in [0.05, 0.1) is 0 Å². The van der Waals surface area contributed by atoms with E-state index < -0.39 is 0 Å². The molecule has 0 radical (unpaired) electrons. The fraction of sp³-hybridized carbons (Fsp3) is 1.00. The molecule has 15 heavy (non-hydrogen) atoms. The molecule has 0 aliphatic rings. The van der Waals surface area contributed by atoms with E-state index in [9.17, 15) is 0 Å². The van der Waals surface area contributed by atoms with Crippen LogP contribution in [0.3, 0.4) is 0 Å². The van der Waals surface area contributed by atoms with Gasteiger partial charge in [0.1, 0.15) is 0 Å². The molecule has 1 heteroatoms. The monoisotopic (exact) mass is 215 g/mol. The molecule has 0 aliphatic heterocycles. The molecule has 0 fully saturated rings. The summed E-state index contributed by atoms with van der Waals surface area (Å²) in [5.41, 5.74) is 0. The lowest BCUT2D eigenvalue weighted by Crippen LogP contribution is -2.34. The number of nitrogens with zero attached hydrogens (tertiary/aromatic N) is 1. The lowest BCUT2D eigenvalue weighted by Gasteiger charge is -2.28. The van der Waals surface area contributed by atoms with E-state index in [0.717, 1.165) is 6.04 Å². The van der Waals surface area contributed by atoms with Gasteiger partial charge in [-0.15, -0.1) is 0 Å². The normalized spacial score (nSPS) is 12.6. The molecule has 0 N–H and O–H groups in total. The van der Waals surface area contributed by atoms with E-state index in [-0.39, 0.29) is 0 Å². The number of rotatable bonds is 7. The van der Waals surface area contributed by atoms with Crippen LogP contribution in [0.5, 0.6) is 0 Å². The molecular formula is C14H33N. The maximum Gasteiger partial charge on any atom is 0.00665 e. The van der Waals surface area contributed by atoms with Gasteiger partial charge < -0.3 is 4.90 Å². The molecule has 0 aliphatic carbocycles. The molecule has 94 valence electrons. The second-order valence-electron chi connectivity index (χ2n) is 4.46. The average molecular weight is 215 g/mol. The second-order valence-corrected chi connectivity index (χ2v) is 4.46. The highest BCUT2D eigenvalue weighted by Crippen LogP contribution is 2.11. The summed E-state index contributed by atoms with van der Waals surface area (Å²) in [4.78, 5) is 2.46. The molecule has 1 nitrogen and oxygen atoms in total. The predicted octanol–water partition coefficient (Wildman–Crippen LogP) is 4.71. The number of hydrogen-bond donors (Lipinski definition) is 0. The van der Waals surface area contributed by atoms with Crippen molar-refractivity contribution in [1.29, 1.82) is 0 Å². The summed E-state index contributed by atoms with van der Waals surface area (Å²) in [6.07, 6.45) is 6.90. The zero-order valence-corrected chi connectivity index (χ0v) is 12.1. The molecule has 0 saturated carbocycles. The van der Waals surface area contributed by atoms with Gasteiger partial charge in [0.2, 0.25) is 0 Å². The minimum atomic E-state index is 0.682. The van der Waals surface area contributed by atoms with Gasteiger partial charge >= 0.3 is 0 Å². The summed E-state index contributed by atoms with van der Waals surface area (Å²) in [6, 6.07) is 1.43. The molecule has 1 atom stereocenters. The standard InChI is InChI=1S/C12H27N.C2H6/c1-6-7-8-9-10-12(4)13(5)11(2)3;1-2/h11-12H,6-10H2,1-5H3;1-2H3. The van der Waals surface area contributed by atoms with Crippen molar-refractivity contribution in [3.8, 4) is 0 Å². The minimum Gasteiger partial charge on any atom is -0.301 e. The van der Waals surface area contributed by atoms with E-state index in [4.69, 9.17) is 0 Å². The molecule has 0 aromatic carbocycles. The molecule has 0 bridgehead atoms. The van der Waals surface area contributed by atoms with Crippen LogP contribution in [0.15, 0.2) is 0 Å². The molecule has 0 spiro atoms. The van der Waals surface area contributed by atoms with Crippen LogP contribution in [0.1, 0.15) is 73.6 Å². The molecule has 0 saturated heterocycles. The third-order valence-corrected chi connectivity index (χ3v) is 2.99. The molecular weight excluding hydrogens is 182 g/mol. The van der Waals surface area contributed by atoms with Crippen molar-refractivity contribution in [2.45, 2.75) is 85.7 Å². The highest BCUT2D eigenvalue weighted by molar-refractivity contribution is 4.66. The van der Waals surface area contributed by atoms with Crippen molar-refractivity contribution < 1.29 is 0 Å². The van der Waals surface area contributed by atoms with Gasteiger partial charge in [-0.05, 0) is 34.2 Å². The van der Waals surface area contributed by atoms with E-state index in [0.29, 0.717) is 6.04 Å². The van der Waals surface area contributed by atoms with Crippen LogP contribution in [-0.2, 0) is 0 Å². The summed E-state index contributed by atoms with van der Waals surface area (Å²) in [7, 11) is 2.23. The SMILES string of the molecule is CC.CCCCCCC(C)N(C)C(C)C. The van der Waals surface area contributed by atoms with Crippen LogP contribution in [0.25, 0.3) is 0 Å². The van der Waals surface area contributed by atoms with Crippen molar-refractivity contribution in [2.75, 3.05) is 7.05 Å². The molecule has 0 aromatic rings. The van der Waals surface area contributed by atoms with E-state index >= 15 is 0 Å². The van der Waals surface area contributed by atoms with E-state index in [1.54, 1.807) is 0 Å². The zero-order chi connectivity index (χ0) is 12.3. The lowest BCUT2D eigenvalue weighted by molar-refractivity contribution is 0.196. The van der Waals surface area contributed by atoms with Crippen LogP contribution in [0, 0.1) is 0 Å². The van der Waals surface area contributed by atoms with Crippen molar-refractivity contribution in [2.24, 2.45) is 0 Å². The first-order valence-electron chi connectivity index (χ1n) is 6.81. The molecule has 0 amide bonds. The van der Waals surface area contributed by atoms with Crippen molar-refractivity contribution in [3.05, 3.63) is 0 Å². The molecule has 1 unspecified atom stereocenters. The van der Waals surface area contributed by atoms with Gasteiger partial charge in [-0.25, -0.2) is 0 Å². The quantitative estimate of drug-likeness (QED) is 0.556. The van der Waals surface area contributed by atoms with Crippen molar-refractivity contribution in [1.82, 2.24) is 4.90 Å². The predicted molar refractivity (Wildman–Crippen MR) is 72.5 cm³/mol. The van der Waals surface area contributed by atoms with E-state index in [2.05, 4.69) is 39.6 Å². The third kappa shape index (κ3) is 10.2. The van der Waals surface area contributed by atoms with E-state index in [1.807, 2.05) is 13.8 Å². The maximum absolute atomic E-state index is 2.46. The third-order valence-electron chi connectivity index (χ3n) is 2.99. The highest BCUT2D eigenvalue weighted by atomic mass is 15.1. The summed E-state index contributed by atoms with van der Waals surface area (Å²) in [5.74, 6) is 0. The Morgan fingerprint density at radius 2 is 1.47 bits per heavy atom. The van der Waals surface area contributed by atoms with Gasteiger partial charge in [0.15, 0.2) is 0 Å². The van der Waals surface area contributed by atoms with E-state index in [1.165, 1.54) is 32.1 Å². The fourth-order valence-corrected chi connectivity index (χ4v) is 1.58. The van der Waals surface area contributed by atoms with Gasteiger partial charge in [-0.2, -0.15) is 0 Å². The summed E-state index contributed by atoms with van der Waals surface area (Å²) in [6.45, 7) is 13.1. The molecule has 0 aromatic heterocycles. The Morgan fingerprint density at radius 1 is 0.933 bits per heavy atom. The number of unbranched alkanes of at least 4 members (excludes halogenated alkanes) is 3. The smallest absolute Gasteiger partial charge is 0.00665 e. The van der Waals surface area contributed by atoms with Crippen LogP contribution < -0.4 is 0 Å². The largest absolute Gasteiger partial charge is 0.301 e. The summed E-state index contributed by atoms with van der Waals surface area (Å²) < 4.78 is 0. The van der Waals surface area contributed by atoms with Crippen LogP contribution >= 0.6 is 0 Å². The average Bonchev–Trinajstić information content (AvgIpc) is 2.25. The second kappa shape index (κ2) is 12.0. The molecule has 0 heterocycles. The maximum atomic E-state index is 2.46. The van der Waals surface area contributed by atoms with Gasteiger partial charge in [-0.1, -0.05) is 46.5 Å². The highest BCUT2D eigenvalue weighted by Gasteiger charge is 2.10. The topological polar surface area (TPSA) is 3.24 Å². The van der Waals surface area contributed by atoms with Crippen molar-refractivity contribution in [3.63, 3.8) is 0 Å². The Balaban J connectivity index is 0. The van der Waals surface area contributed by atoms with Crippen LogP contribution in [0.2, 0.25) is 0 Å².